The number of aromatic nitrogens is 2. The highest BCUT2D eigenvalue weighted by Crippen LogP contribution is 2.20. The lowest BCUT2D eigenvalue weighted by Crippen LogP contribution is -2.10. The van der Waals surface area contributed by atoms with Crippen molar-refractivity contribution in [2.75, 3.05) is 7.11 Å². The molecule has 0 spiro atoms. The zero-order valence-electron chi connectivity index (χ0n) is 10.1. The number of ketones is 1. The first-order valence-electron chi connectivity index (χ1n) is 5.44. The number of hydrogen-bond donors (Lipinski definition) is 0. The zero-order chi connectivity index (χ0) is 13.8. The van der Waals surface area contributed by atoms with Crippen molar-refractivity contribution in [3.63, 3.8) is 0 Å². The molecule has 2 rings (SSSR count). The lowest BCUT2D eigenvalue weighted by atomic mass is 10.1. The van der Waals surface area contributed by atoms with Gasteiger partial charge in [0.15, 0.2) is 11.5 Å². The largest absolute Gasteiger partial charge is 0.479 e. The van der Waals surface area contributed by atoms with Crippen LogP contribution in [-0.2, 0) is 6.42 Å². The molecule has 2 aromatic rings. The number of carbonyl (C=O) groups excluding carboxylic acids is 1. The van der Waals surface area contributed by atoms with Crippen LogP contribution in [0.15, 0.2) is 30.6 Å². The maximum atomic E-state index is 13.7. The van der Waals surface area contributed by atoms with Gasteiger partial charge >= 0.3 is 0 Å². The molecule has 0 saturated heterocycles. The molecule has 0 aliphatic carbocycles. The monoisotopic (exact) mass is 280 g/mol. The number of carbonyl (C=O) groups is 1. The maximum absolute atomic E-state index is 13.7. The van der Waals surface area contributed by atoms with E-state index in [1.807, 2.05) is 0 Å². The van der Waals surface area contributed by atoms with E-state index >= 15 is 0 Å². The quantitative estimate of drug-likeness (QED) is 0.808. The topological polar surface area (TPSA) is 52.1 Å². The minimum absolute atomic E-state index is 0.0172. The average molecular weight is 281 g/mol. The number of nitrogens with zero attached hydrogens (tertiary/aromatic N) is 2. The fourth-order valence-electron chi connectivity index (χ4n) is 1.61. The predicted octanol–water partition coefficient (Wildman–Crippen LogP) is 2.70. The number of halogens is 2. The third-order valence-electron chi connectivity index (χ3n) is 2.50. The standard InChI is InChI=1S/C13H10ClFN2O2/c1-19-13-12(16-5-6-17-13)10(18)7-8-3-2-4-9(14)11(8)15/h2-6H,7H2,1H3. The van der Waals surface area contributed by atoms with Crippen LogP contribution >= 0.6 is 11.6 Å². The molecular weight excluding hydrogens is 271 g/mol. The minimum atomic E-state index is -0.597. The van der Waals surface area contributed by atoms with E-state index in [0.29, 0.717) is 0 Å². The Balaban J connectivity index is 2.28. The van der Waals surface area contributed by atoms with Crippen molar-refractivity contribution in [3.8, 4) is 5.88 Å². The van der Waals surface area contributed by atoms with Crippen molar-refractivity contribution in [3.05, 3.63) is 52.7 Å². The Morgan fingerprint density at radius 2 is 2.11 bits per heavy atom. The highest BCUT2D eigenvalue weighted by molar-refractivity contribution is 6.30. The van der Waals surface area contributed by atoms with E-state index in [4.69, 9.17) is 16.3 Å². The molecule has 1 aromatic heterocycles. The summed E-state index contributed by atoms with van der Waals surface area (Å²) in [6.45, 7) is 0. The smallest absolute Gasteiger partial charge is 0.243 e. The van der Waals surface area contributed by atoms with Gasteiger partial charge in [0.2, 0.25) is 5.88 Å². The number of Topliss-reactive ketones (excluding diaryl/α,β-unsaturated/α-hetero) is 1. The highest BCUT2D eigenvalue weighted by Gasteiger charge is 2.17. The Bertz CT molecular complexity index is 619. The fourth-order valence-corrected chi connectivity index (χ4v) is 1.80. The van der Waals surface area contributed by atoms with Crippen molar-refractivity contribution in [1.82, 2.24) is 9.97 Å². The summed E-state index contributed by atoms with van der Waals surface area (Å²) in [7, 11) is 1.39. The Hall–Kier alpha value is -2.01. The molecular formula is C13H10ClFN2O2. The van der Waals surface area contributed by atoms with Crippen LogP contribution in [0.5, 0.6) is 5.88 Å². The third kappa shape index (κ3) is 2.88. The molecule has 98 valence electrons. The van der Waals surface area contributed by atoms with Crippen molar-refractivity contribution in [2.24, 2.45) is 0 Å². The van der Waals surface area contributed by atoms with Crippen LogP contribution in [0.25, 0.3) is 0 Å². The first-order chi connectivity index (χ1) is 9.13. The molecule has 1 aromatic carbocycles. The maximum Gasteiger partial charge on any atom is 0.243 e. The summed E-state index contributed by atoms with van der Waals surface area (Å²) in [5.74, 6) is -0.860. The molecule has 0 N–H and O–H groups in total. The van der Waals surface area contributed by atoms with E-state index in [-0.39, 0.29) is 34.4 Å². The van der Waals surface area contributed by atoms with E-state index in [0.717, 1.165) is 0 Å². The summed E-state index contributed by atoms with van der Waals surface area (Å²) in [4.78, 5) is 19.8. The summed E-state index contributed by atoms with van der Waals surface area (Å²) in [5.41, 5.74) is 0.287. The highest BCUT2D eigenvalue weighted by atomic mass is 35.5. The Morgan fingerprint density at radius 1 is 1.37 bits per heavy atom. The van der Waals surface area contributed by atoms with Crippen LogP contribution < -0.4 is 4.74 Å². The first-order valence-corrected chi connectivity index (χ1v) is 5.82. The van der Waals surface area contributed by atoms with Gasteiger partial charge in [-0.25, -0.2) is 14.4 Å². The average Bonchev–Trinajstić information content (AvgIpc) is 2.43. The molecule has 0 radical (unpaired) electrons. The second kappa shape index (κ2) is 5.75. The van der Waals surface area contributed by atoms with Gasteiger partial charge in [0.1, 0.15) is 5.82 Å². The van der Waals surface area contributed by atoms with Crippen LogP contribution in [0, 0.1) is 5.82 Å². The normalized spacial score (nSPS) is 10.3. The lowest BCUT2D eigenvalue weighted by molar-refractivity contribution is 0.0983. The van der Waals surface area contributed by atoms with Crippen molar-refractivity contribution in [2.45, 2.75) is 6.42 Å². The number of ether oxygens (including phenoxy) is 1. The summed E-state index contributed by atoms with van der Waals surface area (Å²) < 4.78 is 18.7. The SMILES string of the molecule is COc1nccnc1C(=O)Cc1cccc(Cl)c1F. The Morgan fingerprint density at radius 3 is 2.84 bits per heavy atom. The van der Waals surface area contributed by atoms with Gasteiger partial charge in [0.05, 0.1) is 12.1 Å². The molecule has 19 heavy (non-hydrogen) atoms. The van der Waals surface area contributed by atoms with Gasteiger partial charge in [-0.3, -0.25) is 4.79 Å². The van der Waals surface area contributed by atoms with Crippen LogP contribution in [0.4, 0.5) is 4.39 Å². The number of methoxy groups -OCH3 is 1. The van der Waals surface area contributed by atoms with E-state index < -0.39 is 5.82 Å². The van der Waals surface area contributed by atoms with E-state index in [9.17, 15) is 9.18 Å². The molecule has 0 aliphatic rings. The summed E-state index contributed by atoms with van der Waals surface area (Å²) >= 11 is 5.66. The third-order valence-corrected chi connectivity index (χ3v) is 2.80. The minimum Gasteiger partial charge on any atom is -0.479 e. The molecule has 0 fully saturated rings. The van der Waals surface area contributed by atoms with Crippen LogP contribution in [0.2, 0.25) is 5.02 Å². The van der Waals surface area contributed by atoms with E-state index in [1.54, 1.807) is 6.07 Å². The summed E-state index contributed by atoms with van der Waals surface area (Å²) in [5, 5.41) is -0.0172. The van der Waals surface area contributed by atoms with Crippen molar-refractivity contribution >= 4 is 17.4 Å². The van der Waals surface area contributed by atoms with Gasteiger partial charge in [-0.15, -0.1) is 0 Å². The number of benzene rings is 1. The molecule has 4 nitrogen and oxygen atoms in total. The zero-order valence-corrected chi connectivity index (χ0v) is 10.8. The molecule has 6 heteroatoms. The Labute approximate surface area is 114 Å². The summed E-state index contributed by atoms with van der Waals surface area (Å²) in [6.07, 6.45) is 2.64. The van der Waals surface area contributed by atoms with Gasteiger partial charge in [0, 0.05) is 18.8 Å². The molecule has 0 amide bonds. The van der Waals surface area contributed by atoms with Crippen molar-refractivity contribution in [1.29, 1.82) is 0 Å². The number of rotatable bonds is 4. The van der Waals surface area contributed by atoms with Crippen LogP contribution in [0.1, 0.15) is 16.1 Å². The van der Waals surface area contributed by atoms with Crippen LogP contribution in [-0.4, -0.2) is 22.9 Å². The van der Waals surface area contributed by atoms with Crippen LogP contribution in [0.3, 0.4) is 0 Å². The lowest BCUT2D eigenvalue weighted by Gasteiger charge is -2.06. The molecule has 0 bridgehead atoms. The van der Waals surface area contributed by atoms with Gasteiger partial charge in [-0.1, -0.05) is 23.7 Å². The van der Waals surface area contributed by atoms with Gasteiger partial charge in [-0.05, 0) is 11.6 Å². The van der Waals surface area contributed by atoms with E-state index in [1.165, 1.54) is 31.6 Å². The van der Waals surface area contributed by atoms with E-state index in [2.05, 4.69) is 9.97 Å². The molecule has 1 heterocycles. The van der Waals surface area contributed by atoms with Gasteiger partial charge in [-0.2, -0.15) is 0 Å². The van der Waals surface area contributed by atoms with Gasteiger partial charge < -0.3 is 4.74 Å². The summed E-state index contributed by atoms with van der Waals surface area (Å²) in [6, 6.07) is 4.51. The molecule has 0 atom stereocenters. The van der Waals surface area contributed by atoms with Gasteiger partial charge in [0.25, 0.3) is 0 Å². The first kappa shape index (κ1) is 13.4. The molecule has 0 unspecified atom stereocenters. The Kier molecular flexibility index (Phi) is 4.06. The molecule has 0 aliphatic heterocycles. The molecule has 0 saturated carbocycles. The fraction of sp³-hybridized carbons (Fsp3) is 0.154. The second-order valence-electron chi connectivity index (χ2n) is 3.73. The van der Waals surface area contributed by atoms with Crippen molar-refractivity contribution < 1.29 is 13.9 Å². The predicted molar refractivity (Wildman–Crippen MR) is 68.0 cm³/mol. The second-order valence-corrected chi connectivity index (χ2v) is 4.13. The number of hydrogen-bond acceptors (Lipinski definition) is 4.